The largest absolute Gasteiger partial charge is 0.484 e. The molecule has 0 saturated carbocycles. The maximum absolute atomic E-state index is 13.5. The predicted molar refractivity (Wildman–Crippen MR) is 124 cm³/mol. The summed E-state index contributed by atoms with van der Waals surface area (Å²) in [5.74, 6) is -0.360. The SMILES string of the molecule is Cc1c(OCC(F)(F)F)ccnc1CS(=O)c1nc2ccccc2n1S(=O)(=O)c1ccc(Cl)cc1. The normalized spacial score (nSPS) is 13.2. The first-order chi connectivity index (χ1) is 16.5. The van der Waals surface area contributed by atoms with E-state index in [2.05, 4.69) is 9.97 Å². The number of fused-ring (bicyclic) bond motifs is 1. The number of hydrogen-bond acceptors (Lipinski definition) is 6. The van der Waals surface area contributed by atoms with Gasteiger partial charge in [-0.15, -0.1) is 0 Å². The van der Waals surface area contributed by atoms with E-state index in [1.807, 2.05) is 0 Å². The van der Waals surface area contributed by atoms with Crippen LogP contribution in [0.3, 0.4) is 0 Å². The highest BCUT2D eigenvalue weighted by atomic mass is 35.5. The monoisotopic (exact) mass is 543 g/mol. The number of aromatic nitrogens is 3. The summed E-state index contributed by atoms with van der Waals surface area (Å²) >= 11 is 5.89. The number of para-hydroxylation sites is 2. The van der Waals surface area contributed by atoms with Crippen LogP contribution in [-0.2, 0) is 26.6 Å². The van der Waals surface area contributed by atoms with Gasteiger partial charge >= 0.3 is 6.18 Å². The third-order valence-corrected chi connectivity index (χ3v) is 8.27. The van der Waals surface area contributed by atoms with Crippen molar-refractivity contribution in [1.82, 2.24) is 13.9 Å². The van der Waals surface area contributed by atoms with Crippen LogP contribution in [0.4, 0.5) is 13.2 Å². The molecule has 0 spiro atoms. The lowest BCUT2D eigenvalue weighted by atomic mass is 10.2. The van der Waals surface area contributed by atoms with Crippen molar-refractivity contribution < 1.29 is 30.5 Å². The van der Waals surface area contributed by atoms with Crippen LogP contribution in [-0.4, -0.2) is 39.4 Å². The van der Waals surface area contributed by atoms with Crippen molar-refractivity contribution in [1.29, 1.82) is 0 Å². The Morgan fingerprint density at radius 3 is 2.46 bits per heavy atom. The predicted octanol–water partition coefficient (Wildman–Crippen LogP) is 4.88. The Kier molecular flexibility index (Phi) is 6.89. The van der Waals surface area contributed by atoms with E-state index < -0.39 is 33.6 Å². The number of hydrogen-bond donors (Lipinski definition) is 0. The van der Waals surface area contributed by atoms with Crippen molar-refractivity contribution in [2.24, 2.45) is 0 Å². The average molecular weight is 544 g/mol. The minimum atomic E-state index is -4.53. The van der Waals surface area contributed by atoms with Gasteiger partial charge in [-0.1, -0.05) is 23.7 Å². The smallest absolute Gasteiger partial charge is 0.422 e. The molecule has 0 aliphatic carbocycles. The molecule has 1 atom stereocenters. The van der Waals surface area contributed by atoms with Crippen molar-refractivity contribution in [3.05, 3.63) is 77.1 Å². The first-order valence-corrected chi connectivity index (χ1v) is 13.1. The number of benzene rings is 2. The molecule has 35 heavy (non-hydrogen) atoms. The highest BCUT2D eigenvalue weighted by Crippen LogP contribution is 2.28. The molecular formula is C22H17ClF3N3O4S2. The minimum Gasteiger partial charge on any atom is -0.484 e. The van der Waals surface area contributed by atoms with Gasteiger partial charge in [-0.25, -0.2) is 17.4 Å². The molecule has 2 aromatic heterocycles. The van der Waals surface area contributed by atoms with Crippen LogP contribution in [0.2, 0.25) is 5.02 Å². The van der Waals surface area contributed by atoms with Crippen molar-refractivity contribution in [2.75, 3.05) is 6.61 Å². The van der Waals surface area contributed by atoms with E-state index >= 15 is 0 Å². The summed E-state index contributed by atoms with van der Waals surface area (Å²) in [7, 11) is -6.25. The molecule has 1 unspecified atom stereocenters. The maximum atomic E-state index is 13.5. The molecule has 2 heterocycles. The van der Waals surface area contributed by atoms with E-state index in [9.17, 15) is 25.8 Å². The summed E-state index contributed by atoms with van der Waals surface area (Å²) in [5, 5.41) is 0.0985. The fourth-order valence-corrected chi connectivity index (χ4v) is 6.45. The van der Waals surface area contributed by atoms with Gasteiger partial charge < -0.3 is 4.74 Å². The van der Waals surface area contributed by atoms with Gasteiger partial charge in [0, 0.05) is 16.8 Å². The number of ether oxygens (including phenoxy) is 1. The molecular weight excluding hydrogens is 527 g/mol. The van der Waals surface area contributed by atoms with Gasteiger partial charge in [-0.2, -0.15) is 13.2 Å². The van der Waals surface area contributed by atoms with E-state index in [1.165, 1.54) is 49.5 Å². The minimum absolute atomic E-state index is 0.0633. The lowest BCUT2D eigenvalue weighted by Crippen LogP contribution is -2.20. The molecule has 0 bridgehead atoms. The number of pyridine rings is 1. The Morgan fingerprint density at radius 1 is 1.09 bits per heavy atom. The van der Waals surface area contributed by atoms with Crippen LogP contribution < -0.4 is 4.74 Å². The summed E-state index contributed by atoms with van der Waals surface area (Å²) < 4.78 is 83.8. The zero-order valence-corrected chi connectivity index (χ0v) is 20.4. The molecule has 184 valence electrons. The summed E-state index contributed by atoms with van der Waals surface area (Å²) in [6.07, 6.45) is -3.29. The van der Waals surface area contributed by atoms with Crippen molar-refractivity contribution in [3.8, 4) is 5.75 Å². The average Bonchev–Trinajstić information content (AvgIpc) is 3.20. The van der Waals surface area contributed by atoms with E-state index in [4.69, 9.17) is 16.3 Å². The molecule has 4 rings (SSSR count). The van der Waals surface area contributed by atoms with Crippen LogP contribution >= 0.6 is 11.6 Å². The van der Waals surface area contributed by atoms with E-state index in [0.29, 0.717) is 10.5 Å². The van der Waals surface area contributed by atoms with E-state index in [1.54, 1.807) is 18.2 Å². The highest BCUT2D eigenvalue weighted by molar-refractivity contribution is 7.91. The topological polar surface area (TPSA) is 91.2 Å². The number of halogens is 4. The van der Waals surface area contributed by atoms with Crippen molar-refractivity contribution in [2.45, 2.75) is 28.9 Å². The van der Waals surface area contributed by atoms with Crippen LogP contribution in [0, 0.1) is 6.92 Å². The quantitative estimate of drug-likeness (QED) is 0.330. The van der Waals surface area contributed by atoms with Crippen molar-refractivity contribution >= 4 is 43.5 Å². The number of rotatable bonds is 7. The summed E-state index contributed by atoms with van der Waals surface area (Å²) in [6, 6.07) is 13.2. The fraction of sp³-hybridized carbons (Fsp3) is 0.182. The standard InChI is InChI=1S/C22H17ClF3N3O4S2/c1-14-18(27-11-10-20(14)33-13-22(24,25)26)12-34(30)21-28-17-4-2-3-5-19(17)29(21)35(31,32)16-8-6-15(23)7-9-16/h2-11H,12-13H2,1H3. The fourth-order valence-electron chi connectivity index (χ4n) is 3.28. The number of imidazole rings is 1. The number of alkyl halides is 3. The Labute approximate surface area is 206 Å². The van der Waals surface area contributed by atoms with E-state index in [0.717, 1.165) is 3.97 Å². The van der Waals surface area contributed by atoms with Crippen LogP contribution in [0.25, 0.3) is 11.0 Å². The van der Waals surface area contributed by atoms with E-state index in [-0.39, 0.29) is 38.3 Å². The first-order valence-electron chi connectivity index (χ1n) is 9.98. The third-order valence-electron chi connectivity index (χ3n) is 4.96. The molecule has 4 aromatic rings. The first kappa shape index (κ1) is 25.1. The third kappa shape index (κ3) is 5.34. The van der Waals surface area contributed by atoms with Gasteiger partial charge in [0.15, 0.2) is 6.61 Å². The maximum Gasteiger partial charge on any atom is 0.422 e. The van der Waals surface area contributed by atoms with Crippen LogP contribution in [0.5, 0.6) is 5.75 Å². The van der Waals surface area contributed by atoms with Gasteiger partial charge in [-0.05, 0) is 49.4 Å². The summed E-state index contributed by atoms with van der Waals surface area (Å²) in [6.45, 7) is -0.00577. The van der Waals surface area contributed by atoms with Gasteiger partial charge in [0.25, 0.3) is 10.0 Å². The lowest BCUT2D eigenvalue weighted by Gasteiger charge is -2.14. The summed E-state index contributed by atoms with van der Waals surface area (Å²) in [4.78, 5) is 8.31. The summed E-state index contributed by atoms with van der Waals surface area (Å²) in [5.41, 5.74) is 0.969. The van der Waals surface area contributed by atoms with Gasteiger partial charge in [-0.3, -0.25) is 9.19 Å². The molecule has 0 radical (unpaired) electrons. The Bertz CT molecular complexity index is 1520. The van der Waals surface area contributed by atoms with Gasteiger partial charge in [0.05, 0.1) is 38.2 Å². The Balaban J connectivity index is 1.75. The Morgan fingerprint density at radius 2 is 1.77 bits per heavy atom. The molecule has 0 fully saturated rings. The molecule has 0 N–H and O–H groups in total. The van der Waals surface area contributed by atoms with Crippen LogP contribution in [0.1, 0.15) is 11.3 Å². The second-order valence-corrected chi connectivity index (χ2v) is 10.9. The Hall–Kier alpha value is -2.96. The van der Waals surface area contributed by atoms with Crippen LogP contribution in [0.15, 0.2) is 70.8 Å². The molecule has 0 aliphatic heterocycles. The second-order valence-electron chi connectivity index (χ2n) is 7.38. The molecule has 0 saturated heterocycles. The molecule has 0 amide bonds. The lowest BCUT2D eigenvalue weighted by molar-refractivity contribution is -0.153. The zero-order chi connectivity index (χ0) is 25.4. The number of nitrogens with zero attached hydrogens (tertiary/aromatic N) is 3. The molecule has 7 nitrogen and oxygen atoms in total. The molecule has 0 aliphatic rings. The van der Waals surface area contributed by atoms with Gasteiger partial charge in [0.1, 0.15) is 5.75 Å². The van der Waals surface area contributed by atoms with Crippen molar-refractivity contribution in [3.63, 3.8) is 0 Å². The molecule has 13 heteroatoms. The van der Waals surface area contributed by atoms with Gasteiger partial charge in [0.2, 0.25) is 5.16 Å². The molecule has 2 aromatic carbocycles. The highest BCUT2D eigenvalue weighted by Gasteiger charge is 2.30. The second kappa shape index (κ2) is 9.59. The zero-order valence-electron chi connectivity index (χ0n) is 18.0.